The highest BCUT2D eigenvalue weighted by Crippen LogP contribution is 2.34. The second-order valence-electron chi connectivity index (χ2n) is 6.94. The first-order valence-corrected chi connectivity index (χ1v) is 7.28. The summed E-state index contributed by atoms with van der Waals surface area (Å²) in [6.07, 6.45) is 0. The smallest absolute Gasteiger partial charge is 0.137 e. The Labute approximate surface area is 142 Å². The molecule has 1 aromatic carbocycles. The van der Waals surface area contributed by atoms with Crippen molar-refractivity contribution in [3.63, 3.8) is 0 Å². The van der Waals surface area contributed by atoms with E-state index in [0.29, 0.717) is 11.8 Å². The van der Waals surface area contributed by atoms with Crippen molar-refractivity contribution < 1.29 is 33.2 Å². The molecule has 0 atom stereocenters. The normalized spacial score (nSPS) is 11.7. The Morgan fingerprint density at radius 3 is 1.75 bits per heavy atom. The first-order valence-electron chi connectivity index (χ1n) is 7.28. The average molecular weight is 391 g/mol. The lowest BCUT2D eigenvalue weighted by Gasteiger charge is -2.25. The monoisotopic (exact) mass is 391 g/mol. The van der Waals surface area contributed by atoms with E-state index >= 15 is 0 Å². The first-order chi connectivity index (χ1) is 8.72. The molecule has 0 saturated heterocycles. The number of hydrogen-bond acceptors (Lipinski definition) is 1. The Morgan fingerprint density at radius 1 is 0.950 bits per heavy atom. The standard InChI is InChI=1S/C17H30NO.HI/c1-13(2)15-9-8-10-16(14(3)4)17(15)19-12-11-18(5,6)7;/h8-10,13-14H,11-12H2,1-7H3;1H/q+1;/p-1. The summed E-state index contributed by atoms with van der Waals surface area (Å²) >= 11 is 0. The molecule has 0 aliphatic carbocycles. The van der Waals surface area contributed by atoms with Crippen LogP contribution in [0.5, 0.6) is 5.75 Å². The highest BCUT2D eigenvalue weighted by molar-refractivity contribution is 5.44. The van der Waals surface area contributed by atoms with Gasteiger partial charge in [-0.3, -0.25) is 0 Å². The number of quaternary nitrogens is 1. The van der Waals surface area contributed by atoms with E-state index in [-0.39, 0.29) is 24.0 Å². The minimum Gasteiger partial charge on any atom is -1.00 e. The van der Waals surface area contributed by atoms with Crippen molar-refractivity contribution in [2.45, 2.75) is 39.5 Å². The van der Waals surface area contributed by atoms with E-state index in [1.54, 1.807) is 0 Å². The lowest BCUT2D eigenvalue weighted by molar-refractivity contribution is -0.870. The molecule has 0 spiro atoms. The van der Waals surface area contributed by atoms with Gasteiger partial charge in [-0.2, -0.15) is 0 Å². The van der Waals surface area contributed by atoms with Gasteiger partial charge in [-0.25, -0.2) is 0 Å². The van der Waals surface area contributed by atoms with E-state index in [1.807, 2.05) is 0 Å². The van der Waals surface area contributed by atoms with E-state index in [2.05, 4.69) is 67.0 Å². The molecule has 0 aromatic heterocycles. The van der Waals surface area contributed by atoms with Gasteiger partial charge in [0, 0.05) is 0 Å². The topological polar surface area (TPSA) is 9.23 Å². The summed E-state index contributed by atoms with van der Waals surface area (Å²) in [5, 5.41) is 0. The number of halogens is 1. The summed E-state index contributed by atoms with van der Waals surface area (Å²) < 4.78 is 7.08. The third kappa shape index (κ3) is 6.00. The van der Waals surface area contributed by atoms with Gasteiger partial charge >= 0.3 is 0 Å². The maximum Gasteiger partial charge on any atom is 0.137 e. The van der Waals surface area contributed by atoms with Gasteiger partial charge in [0.05, 0.1) is 21.1 Å². The Bertz CT molecular complexity index is 382. The fraction of sp³-hybridized carbons (Fsp3) is 0.647. The van der Waals surface area contributed by atoms with Gasteiger partial charge in [-0.15, -0.1) is 0 Å². The van der Waals surface area contributed by atoms with Crippen LogP contribution in [0.2, 0.25) is 0 Å². The highest BCUT2D eigenvalue weighted by Gasteiger charge is 2.16. The molecule has 3 heteroatoms. The van der Waals surface area contributed by atoms with Crippen LogP contribution in [0.15, 0.2) is 18.2 Å². The molecule has 0 unspecified atom stereocenters. The van der Waals surface area contributed by atoms with Gasteiger partial charge in [0.25, 0.3) is 0 Å². The zero-order valence-electron chi connectivity index (χ0n) is 14.0. The minimum absolute atomic E-state index is 0. The van der Waals surface area contributed by atoms with Gasteiger partial charge in [0.2, 0.25) is 0 Å². The van der Waals surface area contributed by atoms with Crippen molar-refractivity contribution in [1.82, 2.24) is 0 Å². The van der Waals surface area contributed by atoms with Crippen LogP contribution in [-0.4, -0.2) is 38.8 Å². The summed E-state index contributed by atoms with van der Waals surface area (Å²) in [6, 6.07) is 6.53. The second kappa shape index (κ2) is 8.23. The van der Waals surface area contributed by atoms with Crippen molar-refractivity contribution in [2.24, 2.45) is 0 Å². The molecule has 1 rings (SSSR count). The number of likely N-dealkylation sites (N-methyl/N-ethyl adjacent to an activating group) is 1. The average Bonchev–Trinajstić information content (AvgIpc) is 2.26. The number of rotatable bonds is 6. The fourth-order valence-corrected chi connectivity index (χ4v) is 2.07. The van der Waals surface area contributed by atoms with Crippen LogP contribution in [0.4, 0.5) is 0 Å². The van der Waals surface area contributed by atoms with Crippen molar-refractivity contribution in [3.8, 4) is 5.75 Å². The highest BCUT2D eigenvalue weighted by atomic mass is 127. The molecule has 20 heavy (non-hydrogen) atoms. The van der Waals surface area contributed by atoms with Crippen molar-refractivity contribution in [3.05, 3.63) is 29.3 Å². The third-order valence-electron chi connectivity index (χ3n) is 3.33. The van der Waals surface area contributed by atoms with E-state index in [1.165, 1.54) is 11.1 Å². The minimum atomic E-state index is 0. The van der Waals surface area contributed by atoms with E-state index in [0.717, 1.165) is 23.4 Å². The molecule has 1 aromatic rings. The molecule has 0 aliphatic rings. The van der Waals surface area contributed by atoms with Crippen LogP contribution in [0, 0.1) is 0 Å². The maximum atomic E-state index is 6.15. The summed E-state index contributed by atoms with van der Waals surface area (Å²) in [5.74, 6) is 2.11. The number of para-hydroxylation sites is 1. The summed E-state index contributed by atoms with van der Waals surface area (Å²) in [6.45, 7) is 10.7. The van der Waals surface area contributed by atoms with Crippen molar-refractivity contribution in [1.29, 1.82) is 0 Å². The second-order valence-corrected chi connectivity index (χ2v) is 6.94. The van der Waals surface area contributed by atoms with Crippen LogP contribution < -0.4 is 28.7 Å². The van der Waals surface area contributed by atoms with E-state index in [9.17, 15) is 0 Å². The molecular weight excluding hydrogens is 361 g/mol. The van der Waals surface area contributed by atoms with Crippen LogP contribution in [-0.2, 0) is 0 Å². The Hall–Kier alpha value is -0.290. The maximum absolute atomic E-state index is 6.15. The SMILES string of the molecule is CC(C)c1cccc(C(C)C)c1OCC[N+](C)(C)C.[I-]. The summed E-state index contributed by atoms with van der Waals surface area (Å²) in [4.78, 5) is 0. The quantitative estimate of drug-likeness (QED) is 0.520. The van der Waals surface area contributed by atoms with E-state index in [4.69, 9.17) is 4.74 Å². The Balaban J connectivity index is 0.00000361. The lowest BCUT2D eigenvalue weighted by atomic mass is 9.94. The fourth-order valence-electron chi connectivity index (χ4n) is 2.07. The molecule has 0 N–H and O–H groups in total. The predicted octanol–water partition coefficient (Wildman–Crippen LogP) is 1.02. The van der Waals surface area contributed by atoms with Crippen LogP contribution in [0.25, 0.3) is 0 Å². The molecule has 0 heterocycles. The summed E-state index contributed by atoms with van der Waals surface area (Å²) in [7, 11) is 6.59. The molecule has 0 amide bonds. The zero-order valence-corrected chi connectivity index (χ0v) is 16.2. The molecule has 116 valence electrons. The number of nitrogens with zero attached hydrogens (tertiary/aromatic N) is 1. The molecule has 0 radical (unpaired) electrons. The van der Waals surface area contributed by atoms with E-state index < -0.39 is 0 Å². The number of hydrogen-bond donors (Lipinski definition) is 0. The zero-order chi connectivity index (χ0) is 14.6. The molecular formula is C17H30INO. The van der Waals surface area contributed by atoms with Gasteiger partial charge in [0.1, 0.15) is 18.9 Å². The van der Waals surface area contributed by atoms with Crippen molar-refractivity contribution >= 4 is 0 Å². The van der Waals surface area contributed by atoms with Crippen LogP contribution in [0.3, 0.4) is 0 Å². The predicted molar refractivity (Wildman–Crippen MR) is 83.0 cm³/mol. The van der Waals surface area contributed by atoms with Crippen LogP contribution >= 0.6 is 0 Å². The number of ether oxygens (including phenoxy) is 1. The van der Waals surface area contributed by atoms with Gasteiger partial charge < -0.3 is 33.2 Å². The van der Waals surface area contributed by atoms with Gasteiger partial charge in [-0.1, -0.05) is 45.9 Å². The molecule has 0 bridgehead atoms. The molecule has 0 fully saturated rings. The van der Waals surface area contributed by atoms with Crippen LogP contribution in [0.1, 0.15) is 50.7 Å². The molecule has 0 saturated carbocycles. The summed E-state index contributed by atoms with van der Waals surface area (Å²) in [5.41, 5.74) is 2.65. The van der Waals surface area contributed by atoms with Crippen molar-refractivity contribution in [2.75, 3.05) is 34.3 Å². The Kier molecular flexibility index (Phi) is 8.11. The first kappa shape index (κ1) is 19.7. The molecule has 2 nitrogen and oxygen atoms in total. The van der Waals surface area contributed by atoms with Gasteiger partial charge in [0.15, 0.2) is 0 Å². The number of benzene rings is 1. The van der Waals surface area contributed by atoms with Gasteiger partial charge in [-0.05, 0) is 23.0 Å². The third-order valence-corrected chi connectivity index (χ3v) is 3.33. The largest absolute Gasteiger partial charge is 1.00 e. The lowest BCUT2D eigenvalue weighted by Crippen LogP contribution is -3.00. The Morgan fingerprint density at radius 2 is 1.40 bits per heavy atom. The molecule has 0 aliphatic heterocycles.